The molecule has 3 heterocycles. The topological polar surface area (TPSA) is 82.7 Å². The molecule has 1 aromatic carbocycles. The van der Waals surface area contributed by atoms with Crippen LogP contribution in [0.3, 0.4) is 0 Å². The number of Topliss-reactive ketones (excluding diaryl/α,β-unsaturated/α-hetero) is 1. The summed E-state index contributed by atoms with van der Waals surface area (Å²) in [5, 5.41) is 0. The van der Waals surface area contributed by atoms with E-state index in [2.05, 4.69) is 16.4 Å². The number of nitrogens with one attached hydrogen (secondary N) is 3. The number of rotatable bonds is 1. The summed E-state index contributed by atoms with van der Waals surface area (Å²) < 4.78 is 6.13. The van der Waals surface area contributed by atoms with Gasteiger partial charge in [0.25, 0.3) is 0 Å². The molecule has 3 aliphatic rings. The Balaban J connectivity index is 1.52. The lowest BCUT2D eigenvalue weighted by Gasteiger charge is -2.34. The second kappa shape index (κ2) is 5.05. The zero-order chi connectivity index (χ0) is 15.2. The molecule has 0 radical (unpaired) electrons. The molecule has 0 saturated carbocycles. The molecule has 2 atom stereocenters. The highest BCUT2D eigenvalue weighted by Gasteiger charge is 2.47. The van der Waals surface area contributed by atoms with Gasteiger partial charge in [0, 0.05) is 19.5 Å². The fraction of sp³-hybridized carbons (Fsp3) is 0.467. The molecule has 1 spiro atoms. The molecular formula is C15H18N4O3. The van der Waals surface area contributed by atoms with Gasteiger partial charge < -0.3 is 9.64 Å². The van der Waals surface area contributed by atoms with Crippen LogP contribution in [0.1, 0.15) is 23.2 Å². The highest BCUT2D eigenvalue weighted by Crippen LogP contribution is 2.38. The summed E-state index contributed by atoms with van der Waals surface area (Å²) in [6, 6.07) is 7.05. The Bertz CT molecular complexity index is 629. The van der Waals surface area contributed by atoms with Crippen LogP contribution < -0.4 is 21.1 Å². The Morgan fingerprint density at radius 3 is 3.05 bits per heavy atom. The van der Waals surface area contributed by atoms with Gasteiger partial charge in [-0.2, -0.15) is 5.53 Å². The maximum absolute atomic E-state index is 12.4. The first kappa shape index (κ1) is 13.7. The summed E-state index contributed by atoms with van der Waals surface area (Å²) >= 11 is 0. The summed E-state index contributed by atoms with van der Waals surface area (Å²) in [6.07, 6.45) is 1.02. The van der Waals surface area contributed by atoms with Crippen LogP contribution in [0, 0.1) is 0 Å². The van der Waals surface area contributed by atoms with Crippen molar-refractivity contribution in [3.05, 3.63) is 29.8 Å². The first-order valence-corrected chi connectivity index (χ1v) is 7.50. The van der Waals surface area contributed by atoms with E-state index in [1.807, 2.05) is 18.2 Å². The highest BCUT2D eigenvalue weighted by molar-refractivity contribution is 6.00. The highest BCUT2D eigenvalue weighted by atomic mass is 16.5. The fourth-order valence-corrected chi connectivity index (χ4v) is 3.42. The van der Waals surface area contributed by atoms with Gasteiger partial charge in [0.2, 0.25) is 5.91 Å². The summed E-state index contributed by atoms with van der Waals surface area (Å²) in [7, 11) is 0. The van der Waals surface area contributed by atoms with E-state index in [1.165, 1.54) is 0 Å². The Hall–Kier alpha value is -1.96. The predicted octanol–water partition coefficient (Wildman–Crippen LogP) is -0.396. The van der Waals surface area contributed by atoms with Crippen molar-refractivity contribution in [2.45, 2.75) is 24.5 Å². The molecule has 2 saturated heterocycles. The SMILES string of the molecule is O=C1CC2(CCN(C(=O)C3CNNN3)C2)Oc2ccccc21. The molecule has 2 fully saturated rings. The Kier molecular flexibility index (Phi) is 3.14. The van der Waals surface area contributed by atoms with Crippen LogP contribution in [0.25, 0.3) is 0 Å². The van der Waals surface area contributed by atoms with Gasteiger partial charge in [-0.05, 0) is 12.1 Å². The lowest BCUT2D eigenvalue weighted by atomic mass is 9.89. The van der Waals surface area contributed by atoms with E-state index in [0.29, 0.717) is 43.8 Å². The average molecular weight is 302 g/mol. The first-order valence-electron chi connectivity index (χ1n) is 7.50. The van der Waals surface area contributed by atoms with Gasteiger partial charge >= 0.3 is 0 Å². The van der Waals surface area contributed by atoms with Gasteiger partial charge in [0.15, 0.2) is 5.78 Å². The number of ether oxygens (including phenoxy) is 1. The number of hydrogen-bond donors (Lipinski definition) is 3. The molecule has 7 nitrogen and oxygen atoms in total. The minimum atomic E-state index is -0.569. The molecule has 22 heavy (non-hydrogen) atoms. The Morgan fingerprint density at radius 2 is 2.23 bits per heavy atom. The van der Waals surface area contributed by atoms with Crippen molar-refractivity contribution in [2.75, 3.05) is 19.6 Å². The number of carbonyl (C=O) groups is 2. The van der Waals surface area contributed by atoms with Gasteiger partial charge in [0.05, 0.1) is 18.5 Å². The molecule has 4 rings (SSSR count). The fourth-order valence-electron chi connectivity index (χ4n) is 3.42. The van der Waals surface area contributed by atoms with E-state index in [1.54, 1.807) is 11.0 Å². The number of likely N-dealkylation sites (tertiary alicyclic amines) is 1. The van der Waals surface area contributed by atoms with E-state index >= 15 is 0 Å². The van der Waals surface area contributed by atoms with Crippen molar-refractivity contribution in [3.63, 3.8) is 0 Å². The lowest BCUT2D eigenvalue weighted by molar-refractivity contribution is -0.132. The average Bonchev–Trinajstić information content (AvgIpc) is 3.17. The standard InChI is InChI=1S/C15H18N4O3/c20-12-7-15(22-13-4-2-1-3-10(12)13)5-6-19(9-15)14(21)11-8-16-18-17-11/h1-4,11,16-18H,5-9H2. The predicted molar refractivity (Wildman–Crippen MR) is 78.0 cm³/mol. The largest absolute Gasteiger partial charge is 0.484 e. The molecule has 2 unspecified atom stereocenters. The van der Waals surface area contributed by atoms with Crippen LogP contribution in [-0.2, 0) is 4.79 Å². The van der Waals surface area contributed by atoms with Gasteiger partial charge in [-0.15, -0.1) is 0 Å². The number of carbonyl (C=O) groups excluding carboxylic acids is 2. The van der Waals surface area contributed by atoms with E-state index in [0.717, 1.165) is 0 Å². The van der Waals surface area contributed by atoms with Gasteiger partial charge in [-0.25, -0.2) is 10.9 Å². The van der Waals surface area contributed by atoms with Crippen LogP contribution in [0.4, 0.5) is 0 Å². The molecule has 1 amide bonds. The molecule has 7 heteroatoms. The zero-order valence-electron chi connectivity index (χ0n) is 12.1. The number of amides is 1. The van der Waals surface area contributed by atoms with E-state index < -0.39 is 5.60 Å². The quantitative estimate of drug-likeness (QED) is 0.655. The molecule has 0 aromatic heterocycles. The first-order chi connectivity index (χ1) is 10.7. The zero-order valence-corrected chi connectivity index (χ0v) is 12.1. The summed E-state index contributed by atoms with van der Waals surface area (Å²) in [5.41, 5.74) is 8.57. The van der Waals surface area contributed by atoms with Crippen molar-refractivity contribution < 1.29 is 14.3 Å². The summed E-state index contributed by atoms with van der Waals surface area (Å²) in [5.74, 6) is 0.762. The second-order valence-corrected chi connectivity index (χ2v) is 6.09. The van der Waals surface area contributed by atoms with E-state index in [4.69, 9.17) is 4.74 Å². The van der Waals surface area contributed by atoms with Crippen LogP contribution >= 0.6 is 0 Å². The number of fused-ring (bicyclic) bond motifs is 1. The number of hydrogen-bond acceptors (Lipinski definition) is 6. The lowest BCUT2D eigenvalue weighted by Crippen LogP contribution is -2.49. The Morgan fingerprint density at radius 1 is 1.36 bits per heavy atom. The van der Waals surface area contributed by atoms with Crippen LogP contribution in [0.2, 0.25) is 0 Å². The number of nitrogens with zero attached hydrogens (tertiary/aromatic N) is 1. The number of benzene rings is 1. The van der Waals surface area contributed by atoms with Crippen LogP contribution in [0.15, 0.2) is 24.3 Å². The van der Waals surface area contributed by atoms with Crippen molar-refractivity contribution in [2.24, 2.45) is 0 Å². The minimum Gasteiger partial charge on any atom is -0.484 e. The normalized spacial score (nSPS) is 30.5. The summed E-state index contributed by atoms with van der Waals surface area (Å²) in [4.78, 5) is 26.6. The van der Waals surface area contributed by atoms with Crippen LogP contribution in [0.5, 0.6) is 5.75 Å². The van der Waals surface area contributed by atoms with Gasteiger partial charge in [-0.3, -0.25) is 9.59 Å². The van der Waals surface area contributed by atoms with Crippen LogP contribution in [-0.4, -0.2) is 47.9 Å². The number of para-hydroxylation sites is 1. The third-order valence-electron chi connectivity index (χ3n) is 4.56. The number of hydrazine groups is 2. The molecule has 3 N–H and O–H groups in total. The monoisotopic (exact) mass is 302 g/mol. The molecule has 116 valence electrons. The van der Waals surface area contributed by atoms with E-state index in [9.17, 15) is 9.59 Å². The second-order valence-electron chi connectivity index (χ2n) is 6.09. The number of ketones is 1. The van der Waals surface area contributed by atoms with Crippen molar-refractivity contribution in [1.82, 2.24) is 21.3 Å². The molecular weight excluding hydrogens is 284 g/mol. The van der Waals surface area contributed by atoms with Crippen molar-refractivity contribution >= 4 is 11.7 Å². The minimum absolute atomic E-state index is 0.0317. The molecule has 3 aliphatic heterocycles. The third-order valence-corrected chi connectivity index (χ3v) is 4.56. The maximum Gasteiger partial charge on any atom is 0.242 e. The van der Waals surface area contributed by atoms with E-state index in [-0.39, 0.29) is 17.7 Å². The summed E-state index contributed by atoms with van der Waals surface area (Å²) in [6.45, 7) is 1.63. The van der Waals surface area contributed by atoms with Gasteiger partial charge in [0.1, 0.15) is 17.4 Å². The Labute approximate surface area is 127 Å². The molecule has 0 bridgehead atoms. The molecule has 0 aliphatic carbocycles. The maximum atomic E-state index is 12.4. The third kappa shape index (κ3) is 2.18. The van der Waals surface area contributed by atoms with Crippen molar-refractivity contribution in [3.8, 4) is 5.75 Å². The smallest absolute Gasteiger partial charge is 0.242 e. The van der Waals surface area contributed by atoms with Gasteiger partial charge in [-0.1, -0.05) is 12.1 Å². The molecule has 1 aromatic rings. The van der Waals surface area contributed by atoms with Crippen molar-refractivity contribution in [1.29, 1.82) is 0 Å².